The molecule has 12 heavy (non-hydrogen) atoms. The van der Waals surface area contributed by atoms with E-state index in [2.05, 4.69) is 12.6 Å². The molecule has 1 aromatic rings. The van der Waals surface area contributed by atoms with Gasteiger partial charge in [-0.2, -0.15) is 0 Å². The first-order chi connectivity index (χ1) is 5.74. The van der Waals surface area contributed by atoms with Gasteiger partial charge in [0.05, 0.1) is 0 Å². The summed E-state index contributed by atoms with van der Waals surface area (Å²) in [4.78, 5) is 1.25. The molecule has 0 atom stereocenters. The van der Waals surface area contributed by atoms with Crippen LogP contribution >= 0.6 is 23.4 Å². The maximum absolute atomic E-state index is 5.89. The Morgan fingerprint density at radius 2 is 2.33 bits per heavy atom. The quantitative estimate of drug-likeness (QED) is 0.524. The molecule has 0 radical (unpaired) electrons. The van der Waals surface area contributed by atoms with Gasteiger partial charge in [0.2, 0.25) is 0 Å². The maximum Gasteiger partial charge on any atom is 0.0435 e. The van der Waals surface area contributed by atoms with Crippen molar-refractivity contribution in [2.75, 3.05) is 5.75 Å². The van der Waals surface area contributed by atoms with Crippen molar-refractivity contribution in [2.45, 2.75) is 11.8 Å². The molecular formula is C10H11ClS. The minimum Gasteiger partial charge on any atom is -0.122 e. The van der Waals surface area contributed by atoms with Crippen molar-refractivity contribution in [1.29, 1.82) is 0 Å². The Morgan fingerprint density at radius 3 is 2.92 bits per heavy atom. The molecule has 0 spiro atoms. The van der Waals surface area contributed by atoms with Crippen LogP contribution in [0.2, 0.25) is 5.02 Å². The van der Waals surface area contributed by atoms with Gasteiger partial charge in [-0.15, -0.1) is 18.3 Å². The van der Waals surface area contributed by atoms with Crippen molar-refractivity contribution >= 4 is 23.4 Å². The molecule has 0 N–H and O–H groups in total. The van der Waals surface area contributed by atoms with Gasteiger partial charge in [-0.05, 0) is 30.7 Å². The van der Waals surface area contributed by atoms with Gasteiger partial charge in [-0.25, -0.2) is 0 Å². The van der Waals surface area contributed by atoms with Crippen molar-refractivity contribution in [3.8, 4) is 0 Å². The molecule has 0 aromatic heterocycles. The minimum absolute atomic E-state index is 0.831. The largest absolute Gasteiger partial charge is 0.122 e. The summed E-state index contributed by atoms with van der Waals surface area (Å²) in [6.45, 7) is 5.68. The average Bonchev–Trinajstić information content (AvgIpc) is 2.07. The molecule has 0 saturated carbocycles. The lowest BCUT2D eigenvalue weighted by Crippen LogP contribution is -1.77. The van der Waals surface area contributed by atoms with Crippen LogP contribution in [0.3, 0.4) is 0 Å². The van der Waals surface area contributed by atoms with E-state index in [9.17, 15) is 0 Å². The summed E-state index contributed by atoms with van der Waals surface area (Å²) in [5, 5.41) is 0.831. The molecule has 0 heterocycles. The number of benzene rings is 1. The highest BCUT2D eigenvalue weighted by molar-refractivity contribution is 7.99. The van der Waals surface area contributed by atoms with E-state index in [0.717, 1.165) is 16.3 Å². The fourth-order valence-electron chi connectivity index (χ4n) is 0.862. The van der Waals surface area contributed by atoms with Crippen LogP contribution in [-0.4, -0.2) is 5.75 Å². The standard InChI is InChI=1S/C10H11ClS/c1-3-6-12-9-4-5-10(11)8(2)7-9/h3-5,7H,1,6H2,2H3. The fraction of sp³-hybridized carbons (Fsp3) is 0.200. The second kappa shape index (κ2) is 4.58. The predicted molar refractivity (Wildman–Crippen MR) is 57.1 cm³/mol. The van der Waals surface area contributed by atoms with E-state index in [1.165, 1.54) is 4.90 Å². The number of thioether (sulfide) groups is 1. The summed E-state index contributed by atoms with van der Waals surface area (Å²) in [6, 6.07) is 6.06. The molecule has 0 unspecified atom stereocenters. The highest BCUT2D eigenvalue weighted by Gasteiger charge is 1.96. The molecule has 0 aliphatic carbocycles. The Balaban J connectivity index is 2.75. The molecule has 0 bridgehead atoms. The summed E-state index contributed by atoms with van der Waals surface area (Å²) in [6.07, 6.45) is 1.90. The Kier molecular flexibility index (Phi) is 3.70. The molecule has 0 saturated heterocycles. The van der Waals surface area contributed by atoms with Gasteiger partial charge in [0.15, 0.2) is 0 Å². The molecule has 0 aliphatic heterocycles. The van der Waals surface area contributed by atoms with Crippen molar-refractivity contribution in [3.05, 3.63) is 41.4 Å². The number of hydrogen-bond donors (Lipinski definition) is 0. The van der Waals surface area contributed by atoms with Crippen molar-refractivity contribution < 1.29 is 0 Å². The average molecular weight is 199 g/mol. The highest BCUT2D eigenvalue weighted by Crippen LogP contribution is 2.23. The third-order valence-corrected chi connectivity index (χ3v) is 2.91. The van der Waals surface area contributed by atoms with Crippen molar-refractivity contribution in [1.82, 2.24) is 0 Å². The Bertz CT molecular complexity index is 281. The van der Waals surface area contributed by atoms with Gasteiger partial charge < -0.3 is 0 Å². The van der Waals surface area contributed by atoms with E-state index >= 15 is 0 Å². The maximum atomic E-state index is 5.89. The van der Waals surface area contributed by atoms with E-state index in [-0.39, 0.29) is 0 Å². The van der Waals surface area contributed by atoms with Gasteiger partial charge in [0.1, 0.15) is 0 Å². The van der Waals surface area contributed by atoms with Crippen LogP contribution in [-0.2, 0) is 0 Å². The zero-order valence-corrected chi connectivity index (χ0v) is 8.58. The molecule has 1 aromatic carbocycles. The van der Waals surface area contributed by atoms with Crippen molar-refractivity contribution in [2.24, 2.45) is 0 Å². The molecule has 0 aliphatic rings. The van der Waals surface area contributed by atoms with Gasteiger partial charge in [0, 0.05) is 15.7 Å². The molecule has 2 heteroatoms. The molecule has 64 valence electrons. The van der Waals surface area contributed by atoms with Crippen LogP contribution in [0.5, 0.6) is 0 Å². The first-order valence-corrected chi connectivity index (χ1v) is 5.10. The van der Waals surface area contributed by atoms with E-state index in [0.29, 0.717) is 0 Å². The predicted octanol–water partition coefficient (Wildman–Crippen LogP) is 3.93. The minimum atomic E-state index is 0.831. The Labute approximate surface area is 82.6 Å². The monoisotopic (exact) mass is 198 g/mol. The zero-order valence-electron chi connectivity index (χ0n) is 7.01. The van der Waals surface area contributed by atoms with Crippen LogP contribution in [0, 0.1) is 6.92 Å². The van der Waals surface area contributed by atoms with Gasteiger partial charge >= 0.3 is 0 Å². The summed E-state index contributed by atoms with van der Waals surface area (Å²) in [5.41, 5.74) is 1.13. The molecule has 1 rings (SSSR count). The summed E-state index contributed by atoms with van der Waals surface area (Å²) >= 11 is 7.65. The highest BCUT2D eigenvalue weighted by atomic mass is 35.5. The third-order valence-electron chi connectivity index (χ3n) is 1.50. The topological polar surface area (TPSA) is 0 Å². The Hall–Kier alpha value is -0.400. The third kappa shape index (κ3) is 2.58. The van der Waals surface area contributed by atoms with Crippen LogP contribution < -0.4 is 0 Å². The van der Waals surface area contributed by atoms with Crippen LogP contribution in [0.15, 0.2) is 35.7 Å². The summed E-state index contributed by atoms with van der Waals surface area (Å²) in [7, 11) is 0. The molecular weight excluding hydrogens is 188 g/mol. The van der Waals surface area contributed by atoms with E-state index < -0.39 is 0 Å². The van der Waals surface area contributed by atoms with Crippen LogP contribution in [0.1, 0.15) is 5.56 Å². The number of halogens is 1. The smallest absolute Gasteiger partial charge is 0.0435 e. The second-order valence-electron chi connectivity index (χ2n) is 2.51. The fourth-order valence-corrected chi connectivity index (χ4v) is 1.71. The Morgan fingerprint density at radius 1 is 1.58 bits per heavy atom. The van der Waals surface area contributed by atoms with Gasteiger partial charge in [-0.1, -0.05) is 17.7 Å². The molecule has 0 fully saturated rings. The van der Waals surface area contributed by atoms with E-state index in [1.807, 2.05) is 25.1 Å². The van der Waals surface area contributed by atoms with Crippen LogP contribution in [0.25, 0.3) is 0 Å². The first-order valence-electron chi connectivity index (χ1n) is 3.74. The first kappa shape index (κ1) is 9.69. The molecule has 0 nitrogen and oxygen atoms in total. The number of aryl methyl sites for hydroxylation is 1. The van der Waals surface area contributed by atoms with Crippen molar-refractivity contribution in [3.63, 3.8) is 0 Å². The second-order valence-corrected chi connectivity index (χ2v) is 4.01. The normalized spacial score (nSPS) is 9.83. The lowest BCUT2D eigenvalue weighted by atomic mass is 10.2. The molecule has 0 amide bonds. The number of rotatable bonds is 3. The number of hydrogen-bond acceptors (Lipinski definition) is 1. The lowest BCUT2D eigenvalue weighted by molar-refractivity contribution is 1.36. The van der Waals surface area contributed by atoms with E-state index in [4.69, 9.17) is 11.6 Å². The SMILES string of the molecule is C=CCSc1ccc(Cl)c(C)c1. The zero-order chi connectivity index (χ0) is 8.97. The summed E-state index contributed by atoms with van der Waals surface area (Å²) in [5.74, 6) is 0.946. The van der Waals surface area contributed by atoms with E-state index in [1.54, 1.807) is 11.8 Å². The summed E-state index contributed by atoms with van der Waals surface area (Å²) < 4.78 is 0. The lowest BCUT2D eigenvalue weighted by Gasteiger charge is -2.01. The van der Waals surface area contributed by atoms with Gasteiger partial charge in [0.25, 0.3) is 0 Å². The van der Waals surface area contributed by atoms with Crippen LogP contribution in [0.4, 0.5) is 0 Å². The van der Waals surface area contributed by atoms with Gasteiger partial charge in [-0.3, -0.25) is 0 Å².